The van der Waals surface area contributed by atoms with Gasteiger partial charge in [-0.05, 0) is 0 Å². The van der Waals surface area contributed by atoms with Crippen molar-refractivity contribution in [3.05, 3.63) is 0 Å². The Bertz CT molecular complexity index is 400. The molecule has 0 aromatic carbocycles. The van der Waals surface area contributed by atoms with Crippen LogP contribution in [0.5, 0.6) is 0 Å². The fourth-order valence-corrected chi connectivity index (χ4v) is 1.19. The van der Waals surface area contributed by atoms with Gasteiger partial charge in [0.1, 0.15) is 25.4 Å². The lowest BCUT2D eigenvalue weighted by atomic mass is 10.3. The van der Waals surface area contributed by atoms with Gasteiger partial charge in [-0.1, -0.05) is 0 Å². The van der Waals surface area contributed by atoms with Gasteiger partial charge in [0.25, 0.3) is 0 Å². The molecule has 0 saturated carbocycles. The molecule has 2 saturated heterocycles. The molecule has 0 aromatic rings. The zero-order valence-electron chi connectivity index (χ0n) is 10.2. The first-order chi connectivity index (χ1) is 9.19. The quantitative estimate of drug-likeness (QED) is 0.250. The van der Waals surface area contributed by atoms with Crippen LogP contribution in [-0.2, 0) is 28.5 Å². The molecule has 2 aliphatic rings. The number of epoxide rings is 2. The molecule has 2 rings (SSSR count). The van der Waals surface area contributed by atoms with Crippen LogP contribution in [0, 0.1) is 0 Å². The van der Waals surface area contributed by atoms with Gasteiger partial charge >= 0.3 is 11.9 Å². The van der Waals surface area contributed by atoms with E-state index in [0.29, 0.717) is 13.2 Å². The lowest BCUT2D eigenvalue weighted by Crippen LogP contribution is -2.24. The zero-order valence-corrected chi connectivity index (χ0v) is 10.2. The minimum Gasteiger partial charge on any atom is -0.463 e. The van der Waals surface area contributed by atoms with Crippen molar-refractivity contribution in [2.24, 2.45) is 10.2 Å². The maximum absolute atomic E-state index is 11.6. The summed E-state index contributed by atoms with van der Waals surface area (Å²) in [6.45, 7) is 4.62. The SMILES string of the molecule is C=N/N=C(/CC(=O)OCC1CO1)C(=O)OCC1CO1. The summed E-state index contributed by atoms with van der Waals surface area (Å²) in [5.41, 5.74) is -0.141. The molecule has 0 aliphatic carbocycles. The van der Waals surface area contributed by atoms with Crippen LogP contribution in [0.1, 0.15) is 6.42 Å². The molecule has 104 valence electrons. The topological polar surface area (TPSA) is 102 Å². The number of nitrogens with zero attached hydrogens (tertiary/aromatic N) is 2. The highest BCUT2D eigenvalue weighted by atomic mass is 16.6. The van der Waals surface area contributed by atoms with E-state index in [-0.39, 0.29) is 37.6 Å². The van der Waals surface area contributed by atoms with Crippen molar-refractivity contribution < 1.29 is 28.5 Å². The van der Waals surface area contributed by atoms with Crippen LogP contribution in [0.4, 0.5) is 0 Å². The highest BCUT2D eigenvalue weighted by molar-refractivity contribution is 6.39. The van der Waals surface area contributed by atoms with E-state index in [4.69, 9.17) is 18.9 Å². The normalized spacial score (nSPS) is 24.5. The summed E-state index contributed by atoms with van der Waals surface area (Å²) in [4.78, 5) is 23.1. The standard InChI is InChI=1S/C11H14N2O6/c1-12-13-9(11(15)19-6-8-4-17-8)2-10(14)18-5-7-3-16-7/h7-8H,1-6H2/b13-9-. The summed E-state index contributed by atoms with van der Waals surface area (Å²) in [5, 5.41) is 6.72. The first-order valence-corrected chi connectivity index (χ1v) is 5.77. The lowest BCUT2D eigenvalue weighted by molar-refractivity contribution is -0.144. The van der Waals surface area contributed by atoms with E-state index < -0.39 is 11.9 Å². The Hall–Kier alpha value is -1.80. The summed E-state index contributed by atoms with van der Waals surface area (Å²) in [7, 11) is 0. The molecule has 0 bridgehead atoms. The minimum atomic E-state index is -0.720. The smallest absolute Gasteiger partial charge is 0.355 e. The summed E-state index contributed by atoms with van der Waals surface area (Å²) in [6, 6.07) is 0. The fraction of sp³-hybridized carbons (Fsp3) is 0.636. The van der Waals surface area contributed by atoms with Crippen molar-refractivity contribution >= 4 is 24.4 Å². The second-order valence-electron chi connectivity index (χ2n) is 4.06. The number of esters is 2. The highest BCUT2D eigenvalue weighted by Gasteiger charge is 2.28. The second kappa shape index (κ2) is 6.39. The van der Waals surface area contributed by atoms with Gasteiger partial charge in [0.2, 0.25) is 0 Å². The van der Waals surface area contributed by atoms with Gasteiger partial charge < -0.3 is 18.9 Å². The van der Waals surface area contributed by atoms with Crippen LogP contribution >= 0.6 is 0 Å². The molecule has 0 N–H and O–H groups in total. The van der Waals surface area contributed by atoms with Crippen molar-refractivity contribution in [2.75, 3.05) is 26.4 Å². The first-order valence-electron chi connectivity index (χ1n) is 5.77. The monoisotopic (exact) mass is 270 g/mol. The van der Waals surface area contributed by atoms with Crippen LogP contribution in [0.3, 0.4) is 0 Å². The maximum Gasteiger partial charge on any atom is 0.355 e. The van der Waals surface area contributed by atoms with Crippen LogP contribution < -0.4 is 0 Å². The predicted octanol–water partition coefficient (Wildman–Crippen LogP) is -0.683. The molecule has 2 aliphatic heterocycles. The summed E-state index contributed by atoms with van der Waals surface area (Å²) < 4.78 is 19.6. The van der Waals surface area contributed by atoms with Gasteiger partial charge in [0.15, 0.2) is 5.71 Å². The third-order valence-electron chi connectivity index (χ3n) is 2.37. The molecule has 2 fully saturated rings. The molecule has 8 heteroatoms. The molecule has 2 unspecified atom stereocenters. The average molecular weight is 270 g/mol. The molecule has 0 spiro atoms. The van der Waals surface area contributed by atoms with Crippen molar-refractivity contribution in [2.45, 2.75) is 18.6 Å². The van der Waals surface area contributed by atoms with Crippen LogP contribution in [0.2, 0.25) is 0 Å². The Balaban J connectivity index is 1.75. The van der Waals surface area contributed by atoms with E-state index in [0.717, 1.165) is 0 Å². The third kappa shape index (κ3) is 5.14. The van der Waals surface area contributed by atoms with Crippen molar-refractivity contribution in [1.82, 2.24) is 0 Å². The summed E-state index contributed by atoms with van der Waals surface area (Å²) in [5.74, 6) is -1.31. The largest absolute Gasteiger partial charge is 0.463 e. The van der Waals surface area contributed by atoms with Crippen molar-refractivity contribution in [3.63, 3.8) is 0 Å². The Kier molecular flexibility index (Phi) is 4.58. The molecular formula is C11H14N2O6. The Labute approximate surface area is 109 Å². The highest BCUT2D eigenvalue weighted by Crippen LogP contribution is 2.10. The molecule has 0 radical (unpaired) electrons. The van der Waals surface area contributed by atoms with Gasteiger partial charge in [-0.25, -0.2) is 4.79 Å². The number of hydrogen-bond acceptors (Lipinski definition) is 8. The van der Waals surface area contributed by atoms with E-state index >= 15 is 0 Å². The predicted molar refractivity (Wildman–Crippen MR) is 63.0 cm³/mol. The van der Waals surface area contributed by atoms with E-state index in [9.17, 15) is 9.59 Å². The molecule has 0 amide bonds. The third-order valence-corrected chi connectivity index (χ3v) is 2.37. The van der Waals surface area contributed by atoms with Crippen molar-refractivity contribution in [1.29, 1.82) is 0 Å². The van der Waals surface area contributed by atoms with Crippen LogP contribution in [0.15, 0.2) is 10.2 Å². The summed E-state index contributed by atoms with van der Waals surface area (Å²) >= 11 is 0. The maximum atomic E-state index is 11.6. The Morgan fingerprint density at radius 2 is 1.74 bits per heavy atom. The van der Waals surface area contributed by atoms with Gasteiger partial charge in [-0.15, -0.1) is 5.10 Å². The molecule has 19 heavy (non-hydrogen) atoms. The Morgan fingerprint density at radius 1 is 1.16 bits per heavy atom. The second-order valence-corrected chi connectivity index (χ2v) is 4.06. The number of ether oxygens (including phenoxy) is 4. The molecule has 8 nitrogen and oxygen atoms in total. The van der Waals surface area contributed by atoms with Gasteiger partial charge in [-0.2, -0.15) is 5.10 Å². The van der Waals surface area contributed by atoms with Gasteiger partial charge in [0, 0.05) is 6.72 Å². The number of carbonyl (C=O) groups is 2. The molecule has 2 heterocycles. The van der Waals surface area contributed by atoms with E-state index in [1.165, 1.54) is 0 Å². The summed E-state index contributed by atoms with van der Waals surface area (Å²) in [6.07, 6.45) is -0.391. The van der Waals surface area contributed by atoms with E-state index in [1.54, 1.807) is 0 Å². The molecule has 2 atom stereocenters. The zero-order chi connectivity index (χ0) is 13.7. The first kappa shape index (κ1) is 13.6. The molecular weight excluding hydrogens is 256 g/mol. The number of rotatable bonds is 8. The average Bonchev–Trinajstić information content (AvgIpc) is 3.27. The molecule has 0 aromatic heterocycles. The Morgan fingerprint density at radius 3 is 2.26 bits per heavy atom. The van der Waals surface area contributed by atoms with Crippen LogP contribution in [0.25, 0.3) is 0 Å². The lowest BCUT2D eigenvalue weighted by Gasteiger charge is -2.05. The van der Waals surface area contributed by atoms with Gasteiger partial charge in [-0.3, -0.25) is 4.79 Å². The van der Waals surface area contributed by atoms with Crippen molar-refractivity contribution in [3.8, 4) is 0 Å². The van der Waals surface area contributed by atoms with Crippen LogP contribution in [-0.4, -0.2) is 63.0 Å². The fourth-order valence-electron chi connectivity index (χ4n) is 1.19. The van der Waals surface area contributed by atoms with E-state index in [1.807, 2.05) is 0 Å². The number of carbonyl (C=O) groups excluding carboxylic acids is 2. The minimum absolute atomic E-state index is 0.0270. The number of hydrogen-bond donors (Lipinski definition) is 0. The van der Waals surface area contributed by atoms with E-state index in [2.05, 4.69) is 16.9 Å². The van der Waals surface area contributed by atoms with Gasteiger partial charge in [0.05, 0.1) is 19.6 Å².